The Hall–Kier alpha value is -3.22. The summed E-state index contributed by atoms with van der Waals surface area (Å²) in [5.74, 6) is -0.125. The molecule has 2 aromatic carbocycles. The average molecular weight is 390 g/mol. The van der Waals surface area contributed by atoms with Crippen LogP contribution >= 0.6 is 0 Å². The van der Waals surface area contributed by atoms with E-state index in [0.717, 1.165) is 43.0 Å². The van der Waals surface area contributed by atoms with Gasteiger partial charge in [0, 0.05) is 18.7 Å². The Morgan fingerprint density at radius 3 is 2.38 bits per heavy atom. The summed E-state index contributed by atoms with van der Waals surface area (Å²) in [7, 11) is 0. The Kier molecular flexibility index (Phi) is 5.05. The molecule has 3 aromatic rings. The van der Waals surface area contributed by atoms with Crippen LogP contribution in [0, 0.1) is 0 Å². The van der Waals surface area contributed by atoms with Crippen LogP contribution in [0.15, 0.2) is 48.8 Å². The van der Waals surface area contributed by atoms with Gasteiger partial charge in [-0.25, -0.2) is 4.68 Å². The number of nitrogens with zero attached hydrogens (tertiary/aromatic N) is 5. The number of hydrogen-bond donors (Lipinski definition) is 1. The fraction of sp³-hybridized carbons (Fsp3) is 0.364. The third kappa shape index (κ3) is 4.13. The summed E-state index contributed by atoms with van der Waals surface area (Å²) in [5.41, 5.74) is 4.49. The van der Waals surface area contributed by atoms with Crippen molar-refractivity contribution in [1.82, 2.24) is 20.2 Å². The Labute approximate surface area is 170 Å². The second-order valence-electron chi connectivity index (χ2n) is 8.43. The van der Waals surface area contributed by atoms with Gasteiger partial charge in [-0.05, 0) is 64.6 Å². The molecule has 1 aliphatic rings. The van der Waals surface area contributed by atoms with Crippen molar-refractivity contribution in [2.24, 2.45) is 0 Å². The lowest BCUT2D eigenvalue weighted by molar-refractivity contribution is 0.102. The number of aromatic nitrogens is 4. The molecule has 0 spiro atoms. The minimum atomic E-state index is -0.125. The molecule has 1 saturated heterocycles. The first-order valence-corrected chi connectivity index (χ1v) is 9.96. The van der Waals surface area contributed by atoms with Crippen LogP contribution in [0.1, 0.15) is 49.5 Å². The summed E-state index contributed by atoms with van der Waals surface area (Å²) < 4.78 is 1.58. The molecule has 1 N–H and O–H groups in total. The van der Waals surface area contributed by atoms with Crippen LogP contribution in [-0.4, -0.2) is 39.2 Å². The van der Waals surface area contributed by atoms with Crippen LogP contribution in [0.25, 0.3) is 5.69 Å². The average Bonchev–Trinajstić information content (AvgIpc) is 3.41. The van der Waals surface area contributed by atoms with Crippen molar-refractivity contribution in [2.75, 3.05) is 23.3 Å². The number of carbonyl (C=O) groups is 1. The van der Waals surface area contributed by atoms with E-state index >= 15 is 0 Å². The fourth-order valence-electron chi connectivity index (χ4n) is 3.60. The zero-order valence-electron chi connectivity index (χ0n) is 17.1. The predicted molar refractivity (Wildman–Crippen MR) is 114 cm³/mol. The number of nitrogens with one attached hydrogen (secondary N) is 1. The molecule has 1 aromatic heterocycles. The van der Waals surface area contributed by atoms with Gasteiger partial charge in [0.15, 0.2) is 0 Å². The molecule has 150 valence electrons. The van der Waals surface area contributed by atoms with Gasteiger partial charge in [-0.2, -0.15) is 0 Å². The molecule has 0 atom stereocenters. The monoisotopic (exact) mass is 390 g/mol. The first-order chi connectivity index (χ1) is 13.9. The Morgan fingerprint density at radius 2 is 1.76 bits per heavy atom. The first kappa shape index (κ1) is 19.1. The van der Waals surface area contributed by atoms with Gasteiger partial charge in [0.25, 0.3) is 5.91 Å². The quantitative estimate of drug-likeness (QED) is 0.733. The highest BCUT2D eigenvalue weighted by Gasteiger charge is 2.19. The summed E-state index contributed by atoms with van der Waals surface area (Å²) in [6, 6.07) is 13.7. The number of anilines is 2. The number of amides is 1. The summed E-state index contributed by atoms with van der Waals surface area (Å²) in [5, 5.41) is 14.5. The molecular formula is C22H26N6O. The lowest BCUT2D eigenvalue weighted by Gasteiger charge is -2.22. The number of benzene rings is 2. The molecule has 29 heavy (non-hydrogen) atoms. The lowest BCUT2D eigenvalue weighted by Crippen LogP contribution is -2.21. The Bertz CT molecular complexity index is 983. The van der Waals surface area contributed by atoms with E-state index in [1.807, 2.05) is 42.5 Å². The number of hydrogen-bond acceptors (Lipinski definition) is 5. The summed E-state index contributed by atoms with van der Waals surface area (Å²) >= 11 is 0. The fourth-order valence-corrected chi connectivity index (χ4v) is 3.60. The molecule has 1 amide bonds. The van der Waals surface area contributed by atoms with Crippen molar-refractivity contribution in [3.63, 3.8) is 0 Å². The van der Waals surface area contributed by atoms with Crippen LogP contribution in [-0.2, 0) is 5.41 Å². The standard InChI is InChI=1S/C22H26N6O/c1-22(2,3)17-8-6-16(7-9-17)21(29)24-19-14-18(28-15-23-25-26-28)10-11-20(19)27-12-4-5-13-27/h6-11,14-15H,4-5,12-13H2,1-3H3,(H,24,29). The van der Waals surface area contributed by atoms with Crippen molar-refractivity contribution in [3.05, 3.63) is 59.9 Å². The van der Waals surface area contributed by atoms with Crippen LogP contribution < -0.4 is 10.2 Å². The molecule has 7 heteroatoms. The number of rotatable bonds is 4. The van der Waals surface area contributed by atoms with E-state index in [0.29, 0.717) is 5.56 Å². The van der Waals surface area contributed by atoms with Gasteiger partial charge < -0.3 is 10.2 Å². The van der Waals surface area contributed by atoms with Crippen molar-refractivity contribution < 1.29 is 4.79 Å². The molecule has 0 unspecified atom stereocenters. The minimum Gasteiger partial charge on any atom is -0.370 e. The van der Waals surface area contributed by atoms with E-state index in [4.69, 9.17) is 0 Å². The van der Waals surface area contributed by atoms with Crippen molar-refractivity contribution in [1.29, 1.82) is 0 Å². The van der Waals surface area contributed by atoms with Gasteiger partial charge in [-0.15, -0.1) is 5.10 Å². The molecule has 1 aliphatic heterocycles. The summed E-state index contributed by atoms with van der Waals surface area (Å²) in [6.07, 6.45) is 3.87. The Balaban J connectivity index is 1.63. The SMILES string of the molecule is CC(C)(C)c1ccc(C(=O)Nc2cc(-n3cnnn3)ccc2N2CCCC2)cc1. The van der Waals surface area contributed by atoms with E-state index in [-0.39, 0.29) is 11.3 Å². The van der Waals surface area contributed by atoms with E-state index in [1.54, 1.807) is 11.0 Å². The zero-order chi connectivity index (χ0) is 20.4. The van der Waals surface area contributed by atoms with Crippen LogP contribution in [0.3, 0.4) is 0 Å². The van der Waals surface area contributed by atoms with Gasteiger partial charge >= 0.3 is 0 Å². The van der Waals surface area contributed by atoms with E-state index in [2.05, 4.69) is 46.5 Å². The largest absolute Gasteiger partial charge is 0.370 e. The summed E-state index contributed by atoms with van der Waals surface area (Å²) in [6.45, 7) is 8.47. The van der Waals surface area contributed by atoms with Gasteiger partial charge in [0.2, 0.25) is 0 Å². The topological polar surface area (TPSA) is 75.9 Å². The van der Waals surface area contributed by atoms with Gasteiger partial charge in [-0.3, -0.25) is 4.79 Å². The minimum absolute atomic E-state index is 0.0537. The van der Waals surface area contributed by atoms with Crippen molar-refractivity contribution >= 4 is 17.3 Å². The molecule has 1 fully saturated rings. The predicted octanol–water partition coefficient (Wildman–Crippen LogP) is 3.81. The molecular weight excluding hydrogens is 364 g/mol. The summed E-state index contributed by atoms with van der Waals surface area (Å²) in [4.78, 5) is 15.3. The third-order valence-corrected chi connectivity index (χ3v) is 5.30. The molecule has 2 heterocycles. The zero-order valence-corrected chi connectivity index (χ0v) is 17.1. The molecule has 0 saturated carbocycles. The highest BCUT2D eigenvalue weighted by Crippen LogP contribution is 2.31. The molecule has 0 aliphatic carbocycles. The third-order valence-electron chi connectivity index (χ3n) is 5.30. The van der Waals surface area contributed by atoms with Crippen molar-refractivity contribution in [3.8, 4) is 5.69 Å². The lowest BCUT2D eigenvalue weighted by atomic mass is 9.87. The molecule has 7 nitrogen and oxygen atoms in total. The molecule has 0 radical (unpaired) electrons. The second kappa shape index (κ2) is 7.66. The Morgan fingerprint density at radius 1 is 1.03 bits per heavy atom. The van der Waals surface area contributed by atoms with Gasteiger partial charge in [-0.1, -0.05) is 32.9 Å². The maximum atomic E-state index is 13.0. The van der Waals surface area contributed by atoms with Gasteiger partial charge in [0.1, 0.15) is 6.33 Å². The van der Waals surface area contributed by atoms with E-state index in [9.17, 15) is 4.79 Å². The van der Waals surface area contributed by atoms with Crippen molar-refractivity contribution in [2.45, 2.75) is 39.0 Å². The maximum Gasteiger partial charge on any atom is 0.255 e. The number of tetrazole rings is 1. The second-order valence-corrected chi connectivity index (χ2v) is 8.43. The normalized spacial score (nSPS) is 14.2. The maximum absolute atomic E-state index is 13.0. The molecule has 0 bridgehead atoms. The first-order valence-electron chi connectivity index (χ1n) is 9.96. The van der Waals surface area contributed by atoms with E-state index in [1.165, 1.54) is 5.56 Å². The highest BCUT2D eigenvalue weighted by molar-refractivity contribution is 6.06. The van der Waals surface area contributed by atoms with Crippen LogP contribution in [0.4, 0.5) is 11.4 Å². The smallest absolute Gasteiger partial charge is 0.255 e. The molecule has 4 rings (SSSR count). The van der Waals surface area contributed by atoms with Gasteiger partial charge in [0.05, 0.1) is 17.1 Å². The number of carbonyl (C=O) groups excluding carboxylic acids is 1. The van der Waals surface area contributed by atoms with Crippen LogP contribution in [0.5, 0.6) is 0 Å². The van der Waals surface area contributed by atoms with Crippen LogP contribution in [0.2, 0.25) is 0 Å². The van der Waals surface area contributed by atoms with E-state index < -0.39 is 0 Å². The highest BCUT2D eigenvalue weighted by atomic mass is 16.1.